The Bertz CT molecular complexity index is 495. The van der Waals surface area contributed by atoms with Crippen LogP contribution in [0.4, 0.5) is 8.78 Å². The van der Waals surface area contributed by atoms with E-state index in [-0.39, 0.29) is 24.0 Å². The van der Waals surface area contributed by atoms with Crippen molar-refractivity contribution < 1.29 is 23.4 Å². The summed E-state index contributed by atoms with van der Waals surface area (Å²) in [5.74, 6) is -0.519. The number of carbonyl (C=O) groups excluding carboxylic acids is 1. The van der Waals surface area contributed by atoms with Crippen molar-refractivity contribution in [3.63, 3.8) is 0 Å². The van der Waals surface area contributed by atoms with Gasteiger partial charge in [-0.3, -0.25) is 4.79 Å². The lowest BCUT2D eigenvalue weighted by Crippen LogP contribution is -2.45. The molecule has 7 heteroatoms. The SMILES string of the molecule is CCC(C)C(C)(O)CNC(=O)c1cccc(OCC(F)F)n1. The fraction of sp³-hybridized carbons (Fsp3) is 0.600. The molecule has 0 radical (unpaired) electrons. The molecule has 0 aliphatic carbocycles. The minimum absolute atomic E-state index is 0.0152. The summed E-state index contributed by atoms with van der Waals surface area (Å²) >= 11 is 0. The highest BCUT2D eigenvalue weighted by Gasteiger charge is 2.27. The first-order chi connectivity index (χ1) is 10.3. The van der Waals surface area contributed by atoms with Gasteiger partial charge in [0.2, 0.25) is 5.88 Å². The molecule has 5 nitrogen and oxygen atoms in total. The average Bonchev–Trinajstić information content (AvgIpc) is 2.50. The van der Waals surface area contributed by atoms with Crippen molar-refractivity contribution in [2.45, 2.75) is 39.2 Å². The van der Waals surface area contributed by atoms with Gasteiger partial charge >= 0.3 is 0 Å². The van der Waals surface area contributed by atoms with E-state index >= 15 is 0 Å². The van der Waals surface area contributed by atoms with Gasteiger partial charge in [-0.15, -0.1) is 0 Å². The standard InChI is InChI=1S/C15H22F2N2O3/c1-4-10(2)15(3,21)9-18-14(20)11-6-5-7-13(19-11)22-8-12(16)17/h5-7,10,12,21H,4,8-9H2,1-3H3,(H,18,20). The lowest BCUT2D eigenvalue weighted by Gasteiger charge is -2.29. The van der Waals surface area contributed by atoms with Gasteiger partial charge in [-0.2, -0.15) is 0 Å². The predicted octanol–water partition coefficient (Wildman–Crippen LogP) is 2.25. The summed E-state index contributed by atoms with van der Waals surface area (Å²) in [4.78, 5) is 15.9. The maximum atomic E-state index is 12.1. The summed E-state index contributed by atoms with van der Waals surface area (Å²) in [5.41, 5.74) is -0.986. The molecule has 0 spiro atoms. The Balaban J connectivity index is 2.64. The van der Waals surface area contributed by atoms with Crippen LogP contribution in [0.1, 0.15) is 37.7 Å². The zero-order valence-corrected chi connectivity index (χ0v) is 13.0. The van der Waals surface area contributed by atoms with E-state index in [2.05, 4.69) is 10.3 Å². The van der Waals surface area contributed by atoms with Gasteiger partial charge in [0, 0.05) is 12.6 Å². The Morgan fingerprint density at radius 1 is 1.50 bits per heavy atom. The van der Waals surface area contributed by atoms with Gasteiger partial charge in [0.05, 0.1) is 5.60 Å². The number of hydrogen-bond acceptors (Lipinski definition) is 4. The summed E-state index contributed by atoms with van der Waals surface area (Å²) in [6.45, 7) is 4.79. The predicted molar refractivity (Wildman–Crippen MR) is 78.1 cm³/mol. The summed E-state index contributed by atoms with van der Waals surface area (Å²) in [7, 11) is 0. The maximum absolute atomic E-state index is 12.1. The number of aliphatic hydroxyl groups is 1. The topological polar surface area (TPSA) is 71.5 Å². The van der Waals surface area contributed by atoms with Crippen molar-refractivity contribution in [3.8, 4) is 5.88 Å². The quantitative estimate of drug-likeness (QED) is 0.771. The third-order valence-corrected chi connectivity index (χ3v) is 3.59. The van der Waals surface area contributed by atoms with Gasteiger partial charge in [0.15, 0.2) is 6.61 Å². The Hall–Kier alpha value is -1.76. The van der Waals surface area contributed by atoms with E-state index in [1.165, 1.54) is 18.2 Å². The number of nitrogens with zero attached hydrogens (tertiary/aromatic N) is 1. The van der Waals surface area contributed by atoms with E-state index < -0.39 is 24.5 Å². The number of amides is 1. The molecule has 2 N–H and O–H groups in total. The highest BCUT2D eigenvalue weighted by Crippen LogP contribution is 2.19. The second-order valence-electron chi connectivity index (χ2n) is 5.41. The molecule has 0 bridgehead atoms. The van der Waals surface area contributed by atoms with Crippen LogP contribution in [-0.2, 0) is 0 Å². The number of rotatable bonds is 8. The molecule has 1 heterocycles. The minimum atomic E-state index is -2.61. The Kier molecular flexibility index (Phi) is 6.67. The van der Waals surface area contributed by atoms with Crippen LogP contribution in [0.3, 0.4) is 0 Å². The number of ether oxygens (including phenoxy) is 1. The van der Waals surface area contributed by atoms with E-state index in [1.54, 1.807) is 6.92 Å². The molecule has 1 aromatic rings. The first kappa shape index (κ1) is 18.3. The largest absolute Gasteiger partial charge is 0.472 e. The van der Waals surface area contributed by atoms with Crippen LogP contribution in [0.5, 0.6) is 5.88 Å². The number of carbonyl (C=O) groups is 1. The molecule has 0 saturated carbocycles. The first-order valence-corrected chi connectivity index (χ1v) is 7.14. The van der Waals surface area contributed by atoms with Crippen LogP contribution < -0.4 is 10.1 Å². The van der Waals surface area contributed by atoms with Gasteiger partial charge in [-0.05, 0) is 18.9 Å². The molecule has 0 fully saturated rings. The molecule has 0 aromatic carbocycles. The summed E-state index contributed by atoms with van der Waals surface area (Å²) < 4.78 is 28.9. The molecule has 2 atom stereocenters. The Labute approximate surface area is 128 Å². The molecule has 0 aliphatic heterocycles. The molecule has 1 amide bonds. The van der Waals surface area contributed by atoms with Crippen molar-refractivity contribution in [1.82, 2.24) is 10.3 Å². The summed E-state index contributed by atoms with van der Waals surface area (Å²) in [6.07, 6.45) is -1.83. The third kappa shape index (κ3) is 5.55. The fourth-order valence-electron chi connectivity index (χ4n) is 1.73. The molecular formula is C15H22F2N2O3. The highest BCUT2D eigenvalue weighted by atomic mass is 19.3. The van der Waals surface area contributed by atoms with Crippen molar-refractivity contribution in [3.05, 3.63) is 23.9 Å². The summed E-state index contributed by atoms with van der Waals surface area (Å²) in [6, 6.07) is 4.34. The van der Waals surface area contributed by atoms with E-state index in [9.17, 15) is 18.7 Å². The average molecular weight is 316 g/mol. The highest BCUT2D eigenvalue weighted by molar-refractivity contribution is 5.92. The second-order valence-corrected chi connectivity index (χ2v) is 5.41. The molecule has 1 rings (SSSR count). The van der Waals surface area contributed by atoms with E-state index in [4.69, 9.17) is 4.74 Å². The normalized spacial score (nSPS) is 15.2. The molecule has 0 aliphatic rings. The van der Waals surface area contributed by atoms with Gasteiger partial charge < -0.3 is 15.2 Å². The number of hydrogen-bond donors (Lipinski definition) is 2. The van der Waals surface area contributed by atoms with Gasteiger partial charge in [-0.25, -0.2) is 13.8 Å². The van der Waals surface area contributed by atoms with Crippen LogP contribution in [-0.4, -0.2) is 41.2 Å². The van der Waals surface area contributed by atoms with E-state index in [1.807, 2.05) is 13.8 Å². The van der Waals surface area contributed by atoms with Crippen LogP contribution in [0, 0.1) is 5.92 Å². The van der Waals surface area contributed by atoms with Gasteiger partial charge in [0.1, 0.15) is 5.69 Å². The van der Waals surface area contributed by atoms with Crippen molar-refractivity contribution in [2.24, 2.45) is 5.92 Å². The van der Waals surface area contributed by atoms with Crippen molar-refractivity contribution >= 4 is 5.91 Å². The molecule has 124 valence electrons. The Morgan fingerprint density at radius 3 is 2.77 bits per heavy atom. The van der Waals surface area contributed by atoms with E-state index in [0.29, 0.717) is 0 Å². The molecule has 0 saturated heterocycles. The second kappa shape index (κ2) is 8.03. The number of pyridine rings is 1. The minimum Gasteiger partial charge on any atom is -0.472 e. The molecule has 22 heavy (non-hydrogen) atoms. The van der Waals surface area contributed by atoms with E-state index in [0.717, 1.165) is 6.42 Å². The lowest BCUT2D eigenvalue weighted by atomic mass is 9.88. The number of halogens is 2. The molecule has 2 unspecified atom stereocenters. The third-order valence-electron chi connectivity index (χ3n) is 3.59. The zero-order chi connectivity index (χ0) is 16.8. The van der Waals surface area contributed by atoms with Gasteiger partial charge in [-0.1, -0.05) is 26.3 Å². The van der Waals surface area contributed by atoms with Crippen LogP contribution in [0.2, 0.25) is 0 Å². The number of aromatic nitrogens is 1. The maximum Gasteiger partial charge on any atom is 0.272 e. The Morgan fingerprint density at radius 2 is 2.18 bits per heavy atom. The lowest BCUT2D eigenvalue weighted by molar-refractivity contribution is 0.00587. The smallest absolute Gasteiger partial charge is 0.272 e. The molecule has 1 aromatic heterocycles. The number of nitrogens with one attached hydrogen (secondary N) is 1. The summed E-state index contributed by atoms with van der Waals surface area (Å²) in [5, 5.41) is 12.8. The van der Waals surface area contributed by atoms with Crippen LogP contribution in [0.25, 0.3) is 0 Å². The molecular weight excluding hydrogens is 294 g/mol. The first-order valence-electron chi connectivity index (χ1n) is 7.14. The number of alkyl halides is 2. The van der Waals surface area contributed by atoms with Crippen LogP contribution in [0.15, 0.2) is 18.2 Å². The van der Waals surface area contributed by atoms with Crippen molar-refractivity contribution in [1.29, 1.82) is 0 Å². The van der Waals surface area contributed by atoms with Crippen LogP contribution >= 0.6 is 0 Å². The van der Waals surface area contributed by atoms with Crippen molar-refractivity contribution in [2.75, 3.05) is 13.2 Å². The zero-order valence-electron chi connectivity index (χ0n) is 13.0. The van der Waals surface area contributed by atoms with Gasteiger partial charge in [0.25, 0.3) is 12.3 Å². The fourth-order valence-corrected chi connectivity index (χ4v) is 1.73. The monoisotopic (exact) mass is 316 g/mol.